The monoisotopic (exact) mass is 895 g/mol. The predicted molar refractivity (Wildman–Crippen MR) is 270 cm³/mol. The molecule has 9 heteroatoms. The maximum atomic E-state index is 12.7. The summed E-state index contributed by atoms with van der Waals surface area (Å²) in [7, 11) is 1.59. The van der Waals surface area contributed by atoms with Gasteiger partial charge in [0.1, 0.15) is 19.3 Å². The molecule has 0 aliphatic rings. The van der Waals surface area contributed by atoms with Crippen LogP contribution in [0, 0.1) is 0 Å². The Hall–Kier alpha value is -3.36. The molecule has 0 bridgehead atoms. The molecular weight excluding hydrogens is 806 g/mol. The minimum Gasteiger partial charge on any atom is -0.457 e. The molecule has 0 aliphatic heterocycles. The predicted octanol–water partition coefficient (Wildman–Crippen LogP) is 14.7. The molecule has 2 atom stereocenters. The number of carbonyl (C=O) groups excluding carboxylic acids is 1. The number of ether oxygens (including phenoxy) is 2. The van der Waals surface area contributed by atoms with Crippen LogP contribution in [0.25, 0.3) is 0 Å². The van der Waals surface area contributed by atoms with Gasteiger partial charge in [-0.2, -0.15) is 0 Å². The molecule has 0 aliphatic carbocycles. The number of rotatable bonds is 42. The van der Waals surface area contributed by atoms with E-state index in [0.717, 1.165) is 116 Å². The van der Waals surface area contributed by atoms with Crippen LogP contribution in [-0.2, 0) is 27.9 Å². The van der Waals surface area contributed by atoms with Gasteiger partial charge >= 0.3 is 13.8 Å². The van der Waals surface area contributed by atoms with Gasteiger partial charge in [0.25, 0.3) is 0 Å². The Morgan fingerprint density at radius 1 is 0.492 bits per heavy atom. The van der Waals surface area contributed by atoms with Gasteiger partial charge in [-0.3, -0.25) is 13.8 Å². The minimum atomic E-state index is -4.31. The summed E-state index contributed by atoms with van der Waals surface area (Å²) in [6.07, 6.45) is 66.4. The van der Waals surface area contributed by atoms with E-state index in [0.29, 0.717) is 24.1 Å². The maximum absolute atomic E-state index is 12.7. The van der Waals surface area contributed by atoms with E-state index in [1.807, 2.05) is 21.1 Å². The highest BCUT2D eigenvalue weighted by atomic mass is 31.2. The number of allylic oxidation sites excluding steroid dienone is 22. The molecule has 0 rings (SSSR count). The molecule has 0 fully saturated rings. The van der Waals surface area contributed by atoms with Crippen LogP contribution < -0.4 is 0 Å². The number of hydrogen-bond acceptors (Lipinski definition) is 6. The zero-order valence-corrected chi connectivity index (χ0v) is 41.1. The first-order valence-electron chi connectivity index (χ1n) is 23.9. The van der Waals surface area contributed by atoms with Crippen LogP contribution >= 0.6 is 7.82 Å². The van der Waals surface area contributed by atoms with Crippen molar-refractivity contribution < 1.29 is 37.3 Å². The van der Waals surface area contributed by atoms with Crippen molar-refractivity contribution in [1.29, 1.82) is 0 Å². The quantitative estimate of drug-likeness (QED) is 0.0215. The summed E-state index contributed by atoms with van der Waals surface area (Å²) in [4.78, 5) is 23.0. The Balaban J connectivity index is 4.38. The van der Waals surface area contributed by atoms with Crippen molar-refractivity contribution in [2.24, 2.45) is 0 Å². The van der Waals surface area contributed by atoms with E-state index < -0.39 is 13.9 Å². The largest absolute Gasteiger partial charge is 0.472 e. The van der Waals surface area contributed by atoms with Crippen LogP contribution in [0.5, 0.6) is 0 Å². The third kappa shape index (κ3) is 49.5. The van der Waals surface area contributed by atoms with E-state index in [1.165, 1.54) is 0 Å². The number of phosphoric acid groups is 1. The number of esters is 1. The number of nitrogens with zero attached hydrogens (tertiary/aromatic N) is 1. The fourth-order valence-corrected chi connectivity index (χ4v) is 6.32. The van der Waals surface area contributed by atoms with E-state index in [1.54, 1.807) is 0 Å². The lowest BCUT2D eigenvalue weighted by molar-refractivity contribution is -0.870. The zero-order valence-electron chi connectivity index (χ0n) is 40.2. The number of quaternary nitrogens is 1. The van der Waals surface area contributed by atoms with Crippen molar-refractivity contribution in [3.63, 3.8) is 0 Å². The van der Waals surface area contributed by atoms with Gasteiger partial charge in [-0.25, -0.2) is 4.57 Å². The molecule has 0 aromatic heterocycles. The Morgan fingerprint density at radius 3 is 1.27 bits per heavy atom. The van der Waals surface area contributed by atoms with Crippen molar-refractivity contribution in [3.8, 4) is 0 Å². The van der Waals surface area contributed by atoms with E-state index in [2.05, 4.69) is 148 Å². The van der Waals surface area contributed by atoms with E-state index in [4.69, 9.17) is 18.5 Å². The highest BCUT2D eigenvalue weighted by molar-refractivity contribution is 7.47. The first kappa shape index (κ1) is 59.6. The second-order valence-electron chi connectivity index (χ2n) is 16.4. The smallest absolute Gasteiger partial charge is 0.457 e. The summed E-state index contributed by atoms with van der Waals surface area (Å²) < 4.78 is 35.0. The topological polar surface area (TPSA) is 91.3 Å². The second-order valence-corrected chi connectivity index (χ2v) is 17.8. The summed E-state index contributed by atoms with van der Waals surface area (Å²) in [5.74, 6) is -0.364. The molecule has 0 radical (unpaired) electrons. The molecule has 1 N–H and O–H groups in total. The maximum Gasteiger partial charge on any atom is 0.472 e. The lowest BCUT2D eigenvalue weighted by atomic mass is 10.1. The summed E-state index contributed by atoms with van der Waals surface area (Å²) in [6.45, 7) is 5.21. The second kappa shape index (κ2) is 45.2. The highest BCUT2D eigenvalue weighted by Crippen LogP contribution is 2.43. The van der Waals surface area contributed by atoms with E-state index in [9.17, 15) is 14.3 Å². The van der Waals surface area contributed by atoms with Crippen molar-refractivity contribution >= 4 is 13.8 Å². The highest BCUT2D eigenvalue weighted by Gasteiger charge is 2.26. The van der Waals surface area contributed by atoms with Crippen molar-refractivity contribution in [2.45, 2.75) is 148 Å². The molecule has 0 spiro atoms. The van der Waals surface area contributed by atoms with Crippen LogP contribution in [0.15, 0.2) is 134 Å². The summed E-state index contributed by atoms with van der Waals surface area (Å²) >= 11 is 0. The lowest BCUT2D eigenvalue weighted by Crippen LogP contribution is -2.37. The van der Waals surface area contributed by atoms with Crippen LogP contribution in [0.4, 0.5) is 0 Å². The Labute approximate surface area is 385 Å². The molecule has 0 saturated heterocycles. The average molecular weight is 895 g/mol. The van der Waals surface area contributed by atoms with Crippen molar-refractivity contribution in [1.82, 2.24) is 0 Å². The van der Waals surface area contributed by atoms with Gasteiger partial charge in [0.15, 0.2) is 0 Å². The van der Waals surface area contributed by atoms with Crippen molar-refractivity contribution in [2.75, 3.05) is 54.1 Å². The van der Waals surface area contributed by atoms with Gasteiger partial charge in [0, 0.05) is 13.0 Å². The van der Waals surface area contributed by atoms with Gasteiger partial charge in [0.05, 0.1) is 34.4 Å². The molecular formula is C54H89NO7P+. The average Bonchev–Trinajstić information content (AvgIpc) is 3.24. The van der Waals surface area contributed by atoms with Crippen LogP contribution in [0.3, 0.4) is 0 Å². The number of phosphoric ester groups is 1. The Bertz CT molecular complexity index is 1460. The summed E-state index contributed by atoms with van der Waals surface area (Å²) in [5, 5.41) is 0. The fourth-order valence-electron chi connectivity index (χ4n) is 5.58. The van der Waals surface area contributed by atoms with Crippen LogP contribution in [-0.4, -0.2) is 75.6 Å². The minimum absolute atomic E-state index is 0.0659. The van der Waals surface area contributed by atoms with E-state index in [-0.39, 0.29) is 32.2 Å². The van der Waals surface area contributed by atoms with Gasteiger partial charge in [-0.05, 0) is 109 Å². The number of carbonyl (C=O) groups is 1. The van der Waals surface area contributed by atoms with E-state index >= 15 is 0 Å². The lowest BCUT2D eigenvalue weighted by Gasteiger charge is -2.24. The normalized spacial score (nSPS) is 14.8. The fraction of sp³-hybridized carbons (Fsp3) is 0.574. The number of hydrogen-bond donors (Lipinski definition) is 1. The number of unbranched alkanes of at least 4 members (excludes halogenated alkanes) is 6. The molecule has 356 valence electrons. The molecule has 2 unspecified atom stereocenters. The van der Waals surface area contributed by atoms with Crippen LogP contribution in [0.2, 0.25) is 0 Å². The molecule has 8 nitrogen and oxygen atoms in total. The molecule has 0 aromatic carbocycles. The Kier molecular flexibility index (Phi) is 42.8. The van der Waals surface area contributed by atoms with Crippen LogP contribution in [0.1, 0.15) is 142 Å². The first-order chi connectivity index (χ1) is 30.6. The van der Waals surface area contributed by atoms with Crippen molar-refractivity contribution in [3.05, 3.63) is 134 Å². The zero-order chi connectivity index (χ0) is 46.2. The van der Waals surface area contributed by atoms with Gasteiger partial charge in [-0.15, -0.1) is 0 Å². The van der Waals surface area contributed by atoms with Gasteiger partial charge in [0.2, 0.25) is 0 Å². The first-order valence-corrected chi connectivity index (χ1v) is 25.4. The molecule has 0 saturated carbocycles. The molecule has 63 heavy (non-hydrogen) atoms. The third-order valence-electron chi connectivity index (χ3n) is 9.21. The van der Waals surface area contributed by atoms with Gasteiger partial charge < -0.3 is 18.9 Å². The molecule has 0 amide bonds. The summed E-state index contributed by atoms with van der Waals surface area (Å²) in [6, 6.07) is 0. The standard InChI is InChI=1S/C54H88NO7P/c1-6-8-10-12-14-16-18-20-22-24-26-27-28-30-32-34-36-38-40-42-44-46-49-59-51-53(52-61-63(57,58)60-50-48-55(3,4)5)62-54(56)47-45-43-41-39-37-35-33-31-29-25-23-21-19-17-15-13-11-9-7-2/h8-11,14-17,20-23,26-27,29-32,35-38,53H,6-7,12-13,18-19,24-25,28,33-34,39-52H2,1-5H3/p+1/b10-8-,11-9-,16-14-,17-15-,22-20-,23-21-,27-26-,31-29-,32-30-,37-35-,38-36-. The third-order valence-corrected chi connectivity index (χ3v) is 10.2. The molecule has 0 aromatic rings. The molecule has 0 heterocycles. The number of likely N-dealkylation sites (N-methyl/N-ethyl adjacent to an activating group) is 1. The Morgan fingerprint density at radius 2 is 0.873 bits per heavy atom. The summed E-state index contributed by atoms with van der Waals surface area (Å²) in [5.41, 5.74) is 0. The van der Waals surface area contributed by atoms with Gasteiger partial charge in [-0.1, -0.05) is 160 Å². The SMILES string of the molecule is CC/C=C\C/C=C\C/C=C\C/C=C\C/C=C\C/C=C\CCCCCOCC(COP(=O)(O)OCC[N+](C)(C)C)OC(=O)CCCCC/C=C\C/C=C\C/C=C\C/C=C\C/C=C\CC.